The van der Waals surface area contributed by atoms with Gasteiger partial charge >= 0.3 is 6.18 Å². The summed E-state index contributed by atoms with van der Waals surface area (Å²) >= 11 is 0. The minimum atomic E-state index is -5.16. The highest BCUT2D eigenvalue weighted by atomic mass is 19.4. The summed E-state index contributed by atoms with van der Waals surface area (Å²) in [7, 11) is 0. The van der Waals surface area contributed by atoms with E-state index >= 15 is 0 Å². The van der Waals surface area contributed by atoms with E-state index in [2.05, 4.69) is 5.10 Å². The van der Waals surface area contributed by atoms with E-state index in [1.165, 1.54) is 36.4 Å². The molecule has 1 heterocycles. The van der Waals surface area contributed by atoms with Gasteiger partial charge in [0.25, 0.3) is 17.3 Å². The number of amides is 1. The summed E-state index contributed by atoms with van der Waals surface area (Å²) in [6, 6.07) is 11.8. The Balaban J connectivity index is 2.02. The molecule has 0 radical (unpaired) electrons. The van der Waals surface area contributed by atoms with Gasteiger partial charge in [-0.3, -0.25) is 14.9 Å². The molecule has 27 heavy (non-hydrogen) atoms. The van der Waals surface area contributed by atoms with Crippen LogP contribution in [-0.2, 0) is 0 Å². The van der Waals surface area contributed by atoms with Crippen molar-refractivity contribution in [3.05, 3.63) is 75.8 Å². The van der Waals surface area contributed by atoms with Crippen LogP contribution in [0.2, 0.25) is 0 Å². The van der Waals surface area contributed by atoms with Crippen LogP contribution in [0.1, 0.15) is 22.3 Å². The number of halogens is 3. The normalized spacial score (nSPS) is 19.7. The van der Waals surface area contributed by atoms with Crippen LogP contribution in [0, 0.1) is 10.1 Å². The van der Waals surface area contributed by atoms with E-state index in [1.54, 1.807) is 6.07 Å². The van der Waals surface area contributed by atoms with E-state index in [0.29, 0.717) is 0 Å². The van der Waals surface area contributed by atoms with Crippen LogP contribution in [0.3, 0.4) is 0 Å². The number of hydrogen-bond donors (Lipinski definition) is 1. The number of hydrogen-bond acceptors (Lipinski definition) is 5. The van der Waals surface area contributed by atoms with Crippen molar-refractivity contribution in [3.63, 3.8) is 0 Å². The minimum Gasteiger partial charge on any atom is -0.362 e. The van der Waals surface area contributed by atoms with E-state index in [0.717, 1.165) is 12.1 Å². The Hall–Kier alpha value is -3.27. The van der Waals surface area contributed by atoms with Crippen molar-refractivity contribution in [1.29, 1.82) is 0 Å². The van der Waals surface area contributed by atoms with Crippen molar-refractivity contribution in [2.24, 2.45) is 5.10 Å². The molecule has 0 saturated carbocycles. The van der Waals surface area contributed by atoms with Crippen LogP contribution in [0.15, 0.2) is 59.7 Å². The summed E-state index contributed by atoms with van der Waals surface area (Å²) in [6.07, 6.45) is -6.16. The molecule has 0 aliphatic carbocycles. The fourth-order valence-corrected chi connectivity index (χ4v) is 2.62. The van der Waals surface area contributed by atoms with Crippen LogP contribution >= 0.6 is 0 Å². The zero-order valence-corrected chi connectivity index (χ0v) is 13.6. The van der Waals surface area contributed by atoms with Crippen molar-refractivity contribution < 1.29 is 28.0 Å². The third kappa shape index (κ3) is 3.26. The molecule has 3 rings (SSSR count). The molecule has 7 nitrogen and oxygen atoms in total. The van der Waals surface area contributed by atoms with Crippen LogP contribution in [-0.4, -0.2) is 38.6 Å². The number of benzene rings is 2. The topological polar surface area (TPSA) is 96.0 Å². The molecule has 1 aliphatic heterocycles. The van der Waals surface area contributed by atoms with Crippen molar-refractivity contribution in [3.8, 4) is 0 Å². The molecule has 10 heteroatoms. The van der Waals surface area contributed by atoms with Gasteiger partial charge in [0.1, 0.15) is 0 Å². The van der Waals surface area contributed by atoms with Gasteiger partial charge in [0.2, 0.25) is 0 Å². The van der Waals surface area contributed by atoms with E-state index in [-0.39, 0.29) is 27.5 Å². The minimum absolute atomic E-state index is 0.0130. The monoisotopic (exact) mass is 379 g/mol. The molecule has 140 valence electrons. The van der Waals surface area contributed by atoms with E-state index < -0.39 is 29.2 Å². The predicted octanol–water partition coefficient (Wildman–Crippen LogP) is 3.10. The zero-order valence-electron chi connectivity index (χ0n) is 13.6. The molecule has 0 fully saturated rings. The molecule has 0 bridgehead atoms. The molecular formula is C17H12F3N3O4. The molecule has 2 aromatic carbocycles. The Kier molecular flexibility index (Phi) is 4.44. The number of non-ortho nitro benzene ring substituents is 1. The van der Waals surface area contributed by atoms with Gasteiger partial charge in [-0.25, -0.2) is 0 Å². The highest BCUT2D eigenvalue weighted by Gasteiger charge is 2.63. The van der Waals surface area contributed by atoms with Crippen molar-refractivity contribution in [2.45, 2.75) is 18.3 Å². The predicted molar refractivity (Wildman–Crippen MR) is 87.9 cm³/mol. The maximum Gasteiger partial charge on any atom is 0.438 e. The second-order valence-electron chi connectivity index (χ2n) is 5.82. The number of nitrogens with zero attached hydrogens (tertiary/aromatic N) is 3. The van der Waals surface area contributed by atoms with E-state index in [9.17, 15) is 33.2 Å². The van der Waals surface area contributed by atoms with Gasteiger partial charge in [-0.1, -0.05) is 18.2 Å². The average molecular weight is 379 g/mol. The lowest BCUT2D eigenvalue weighted by molar-refractivity contribution is -0.384. The maximum absolute atomic E-state index is 13.5. The quantitative estimate of drug-likeness (QED) is 0.655. The summed E-state index contributed by atoms with van der Waals surface area (Å²) in [4.78, 5) is 22.5. The number of carbonyl (C=O) groups excluding carboxylic acids is 1. The largest absolute Gasteiger partial charge is 0.438 e. The summed E-state index contributed by atoms with van der Waals surface area (Å²) in [5.41, 5.74) is -3.92. The van der Waals surface area contributed by atoms with Crippen LogP contribution in [0.4, 0.5) is 18.9 Å². The summed E-state index contributed by atoms with van der Waals surface area (Å²) in [5.74, 6) is -1.12. The first-order valence-corrected chi connectivity index (χ1v) is 7.64. The molecule has 0 aromatic heterocycles. The number of rotatable bonds is 3. The van der Waals surface area contributed by atoms with Gasteiger partial charge in [0.05, 0.1) is 17.1 Å². The molecule has 1 amide bonds. The van der Waals surface area contributed by atoms with E-state index in [1.807, 2.05) is 0 Å². The number of alkyl halides is 3. The summed E-state index contributed by atoms with van der Waals surface area (Å²) < 4.78 is 40.6. The molecular weight excluding hydrogens is 367 g/mol. The first-order valence-electron chi connectivity index (χ1n) is 7.64. The first kappa shape index (κ1) is 18.5. The molecule has 1 aliphatic rings. The molecule has 1 atom stereocenters. The maximum atomic E-state index is 13.5. The van der Waals surface area contributed by atoms with Crippen molar-refractivity contribution in [2.75, 3.05) is 0 Å². The molecule has 0 saturated heterocycles. The first-order chi connectivity index (χ1) is 12.6. The van der Waals surface area contributed by atoms with Gasteiger partial charge < -0.3 is 5.11 Å². The standard InChI is InChI=1S/C17H12F3N3O4/c18-17(19,20)16(25)10-14(11-6-8-13(9-7-11)23(26)27)21-22(16)15(24)12-4-2-1-3-5-12/h1-9,25H,10H2/t16-/m1/s1. The molecule has 1 N–H and O–H groups in total. The highest BCUT2D eigenvalue weighted by Crippen LogP contribution is 2.42. The molecule has 0 unspecified atom stereocenters. The third-order valence-electron chi connectivity index (χ3n) is 4.06. The lowest BCUT2D eigenvalue weighted by Crippen LogP contribution is -2.56. The van der Waals surface area contributed by atoms with Gasteiger partial charge in [-0.2, -0.15) is 23.3 Å². The second kappa shape index (κ2) is 6.47. The summed E-state index contributed by atoms with van der Waals surface area (Å²) in [6.45, 7) is 0. The van der Waals surface area contributed by atoms with Crippen LogP contribution in [0.5, 0.6) is 0 Å². The summed E-state index contributed by atoms with van der Waals surface area (Å²) in [5, 5.41) is 24.7. The van der Waals surface area contributed by atoms with Gasteiger partial charge in [0.15, 0.2) is 0 Å². The molecule has 2 aromatic rings. The van der Waals surface area contributed by atoms with Crippen molar-refractivity contribution in [1.82, 2.24) is 5.01 Å². The lowest BCUT2D eigenvalue weighted by Gasteiger charge is -2.32. The SMILES string of the molecule is O=C(c1ccccc1)N1N=C(c2ccc([N+](=O)[O-])cc2)C[C@@]1(O)C(F)(F)F. The number of aliphatic hydroxyl groups is 1. The Labute approximate surface area is 150 Å². The van der Waals surface area contributed by atoms with Crippen molar-refractivity contribution >= 4 is 17.3 Å². The number of hydrazone groups is 1. The van der Waals surface area contributed by atoms with Gasteiger partial charge in [0, 0.05) is 17.7 Å². The van der Waals surface area contributed by atoms with Gasteiger partial charge in [-0.15, -0.1) is 0 Å². The number of nitro groups is 1. The fourth-order valence-electron chi connectivity index (χ4n) is 2.62. The second-order valence-corrected chi connectivity index (χ2v) is 5.82. The Morgan fingerprint density at radius 1 is 1.15 bits per heavy atom. The zero-order chi connectivity index (χ0) is 19.8. The van der Waals surface area contributed by atoms with Crippen LogP contribution < -0.4 is 0 Å². The highest BCUT2D eigenvalue weighted by molar-refractivity contribution is 6.05. The van der Waals surface area contributed by atoms with Crippen LogP contribution in [0.25, 0.3) is 0 Å². The third-order valence-corrected chi connectivity index (χ3v) is 4.06. The van der Waals surface area contributed by atoms with E-state index in [4.69, 9.17) is 0 Å². The Bertz CT molecular complexity index is 913. The van der Waals surface area contributed by atoms with Gasteiger partial charge in [-0.05, 0) is 29.8 Å². The fraction of sp³-hybridized carbons (Fsp3) is 0.176. The molecule has 0 spiro atoms. The lowest BCUT2D eigenvalue weighted by atomic mass is 10.0. The smallest absolute Gasteiger partial charge is 0.362 e. The Morgan fingerprint density at radius 3 is 2.26 bits per heavy atom. The Morgan fingerprint density at radius 2 is 1.74 bits per heavy atom. The average Bonchev–Trinajstić information content (AvgIpc) is 3.01. The number of nitro benzene ring substituents is 1. The number of carbonyl (C=O) groups is 1.